The number of rotatable bonds is 6. The van der Waals surface area contributed by atoms with Gasteiger partial charge in [0.15, 0.2) is 10.8 Å². The van der Waals surface area contributed by atoms with Crippen LogP contribution in [0.15, 0.2) is 54.3 Å². The lowest BCUT2D eigenvalue weighted by molar-refractivity contribution is 0.576. The quantitative estimate of drug-likeness (QED) is 0.730. The van der Waals surface area contributed by atoms with Crippen molar-refractivity contribution in [2.24, 2.45) is 0 Å². The second-order valence-electron chi connectivity index (χ2n) is 5.55. The summed E-state index contributed by atoms with van der Waals surface area (Å²) in [4.78, 5) is 8.18. The first-order chi connectivity index (χ1) is 11.5. The first-order valence-corrected chi connectivity index (χ1v) is 8.92. The molecule has 0 aromatic carbocycles. The third kappa shape index (κ3) is 3.52. The van der Waals surface area contributed by atoms with Crippen LogP contribution < -0.4 is 4.72 Å². The molecule has 0 saturated carbocycles. The number of sulfonamides is 1. The number of nitrogens with zero attached hydrogens (tertiary/aromatic N) is 5. The predicted octanol–water partition coefficient (Wildman–Crippen LogP) is 1.52. The maximum Gasteiger partial charge on any atom is 0.259 e. The summed E-state index contributed by atoms with van der Waals surface area (Å²) in [6.07, 6.45) is 8.08. The van der Waals surface area contributed by atoms with Gasteiger partial charge in [0.05, 0.1) is 6.33 Å². The van der Waals surface area contributed by atoms with E-state index in [1.807, 2.05) is 13.8 Å². The molecule has 3 aromatic heterocycles. The fourth-order valence-corrected chi connectivity index (χ4v) is 3.04. The number of hydrogen-bond donors (Lipinski definition) is 1. The number of hydrogen-bond acceptors (Lipinski definition) is 5. The van der Waals surface area contributed by atoms with Gasteiger partial charge in [-0.3, -0.25) is 0 Å². The summed E-state index contributed by atoms with van der Waals surface area (Å²) < 4.78 is 30.6. The van der Waals surface area contributed by atoms with E-state index in [9.17, 15) is 8.42 Å². The molecule has 3 rings (SSSR count). The van der Waals surface area contributed by atoms with Crippen LogP contribution in [0.2, 0.25) is 0 Å². The second kappa shape index (κ2) is 6.54. The van der Waals surface area contributed by atoms with Gasteiger partial charge in [0, 0.05) is 37.4 Å². The van der Waals surface area contributed by atoms with E-state index in [0.717, 1.165) is 5.56 Å². The van der Waals surface area contributed by atoms with Gasteiger partial charge in [0.1, 0.15) is 0 Å². The molecular weight excluding hydrogens is 328 g/mol. The van der Waals surface area contributed by atoms with Crippen LogP contribution >= 0.6 is 0 Å². The minimum atomic E-state index is -3.66. The highest BCUT2D eigenvalue weighted by Crippen LogP contribution is 2.11. The lowest BCUT2D eigenvalue weighted by Gasteiger charge is -2.07. The third-order valence-electron chi connectivity index (χ3n) is 3.46. The second-order valence-corrected chi connectivity index (χ2v) is 7.26. The molecule has 0 saturated heterocycles. The molecule has 9 heteroatoms. The Hall–Kier alpha value is -2.52. The molecule has 0 aliphatic rings. The monoisotopic (exact) mass is 346 g/mol. The SMILES string of the molecule is CC(C)n1cnc(S(=O)(=O)NCc2ccnc(-n3cccn3)c2)c1. The first kappa shape index (κ1) is 16.3. The van der Waals surface area contributed by atoms with Crippen molar-refractivity contribution in [3.63, 3.8) is 0 Å². The van der Waals surface area contributed by atoms with Crippen LogP contribution in [-0.4, -0.2) is 32.7 Å². The van der Waals surface area contributed by atoms with Crippen molar-refractivity contribution in [3.8, 4) is 5.82 Å². The van der Waals surface area contributed by atoms with Crippen LogP contribution in [0.5, 0.6) is 0 Å². The highest BCUT2D eigenvalue weighted by atomic mass is 32.2. The minimum absolute atomic E-state index is 0.0116. The Morgan fingerprint density at radius 2 is 2.08 bits per heavy atom. The van der Waals surface area contributed by atoms with Gasteiger partial charge in [-0.25, -0.2) is 27.8 Å². The van der Waals surface area contributed by atoms with Crippen molar-refractivity contribution in [3.05, 3.63) is 54.9 Å². The normalized spacial score (nSPS) is 12.0. The molecule has 3 heterocycles. The summed E-state index contributed by atoms with van der Waals surface area (Å²) in [5, 5.41) is 4.12. The predicted molar refractivity (Wildman–Crippen MR) is 88.0 cm³/mol. The van der Waals surface area contributed by atoms with Crippen molar-refractivity contribution < 1.29 is 8.42 Å². The Bertz CT molecular complexity index is 915. The summed E-state index contributed by atoms with van der Waals surface area (Å²) in [5.74, 6) is 0.626. The third-order valence-corrected chi connectivity index (χ3v) is 4.75. The van der Waals surface area contributed by atoms with Gasteiger partial charge in [-0.1, -0.05) is 0 Å². The zero-order valence-electron chi connectivity index (χ0n) is 13.4. The van der Waals surface area contributed by atoms with Gasteiger partial charge in [0.25, 0.3) is 10.0 Å². The van der Waals surface area contributed by atoms with Crippen LogP contribution in [0.4, 0.5) is 0 Å². The van der Waals surface area contributed by atoms with Gasteiger partial charge in [-0.2, -0.15) is 5.10 Å². The Morgan fingerprint density at radius 3 is 2.75 bits per heavy atom. The van der Waals surface area contributed by atoms with Gasteiger partial charge in [-0.15, -0.1) is 0 Å². The summed E-state index contributed by atoms with van der Waals surface area (Å²) in [6.45, 7) is 4.06. The smallest absolute Gasteiger partial charge is 0.259 e. The zero-order valence-corrected chi connectivity index (χ0v) is 14.2. The fourth-order valence-electron chi connectivity index (χ4n) is 2.09. The van der Waals surface area contributed by atoms with Crippen LogP contribution in [0.25, 0.3) is 5.82 Å². The van der Waals surface area contributed by atoms with Crippen LogP contribution in [0.1, 0.15) is 25.5 Å². The van der Waals surface area contributed by atoms with Gasteiger partial charge in [-0.05, 0) is 37.6 Å². The molecule has 0 spiro atoms. The summed E-state index contributed by atoms with van der Waals surface area (Å²) in [7, 11) is -3.66. The molecule has 8 nitrogen and oxygen atoms in total. The van der Waals surface area contributed by atoms with E-state index in [-0.39, 0.29) is 17.6 Å². The Balaban J connectivity index is 1.74. The largest absolute Gasteiger partial charge is 0.334 e. The van der Waals surface area contributed by atoms with Crippen LogP contribution in [-0.2, 0) is 16.6 Å². The lowest BCUT2D eigenvalue weighted by Crippen LogP contribution is -2.23. The van der Waals surface area contributed by atoms with E-state index in [0.29, 0.717) is 5.82 Å². The van der Waals surface area contributed by atoms with Gasteiger partial charge in [0.2, 0.25) is 0 Å². The number of imidazole rings is 1. The summed E-state index contributed by atoms with van der Waals surface area (Å²) in [6, 6.07) is 5.48. The van der Waals surface area contributed by atoms with E-state index < -0.39 is 10.0 Å². The molecule has 24 heavy (non-hydrogen) atoms. The number of nitrogens with one attached hydrogen (secondary N) is 1. The minimum Gasteiger partial charge on any atom is -0.334 e. The summed E-state index contributed by atoms with van der Waals surface area (Å²) in [5.41, 5.74) is 0.780. The first-order valence-electron chi connectivity index (χ1n) is 7.44. The molecule has 0 aliphatic heterocycles. The van der Waals surface area contributed by atoms with Crippen LogP contribution in [0.3, 0.4) is 0 Å². The number of pyridine rings is 1. The van der Waals surface area contributed by atoms with Crippen molar-refractivity contribution in [1.82, 2.24) is 29.0 Å². The Kier molecular flexibility index (Phi) is 4.45. The van der Waals surface area contributed by atoms with Crippen molar-refractivity contribution in [2.75, 3.05) is 0 Å². The van der Waals surface area contributed by atoms with Crippen LogP contribution in [0, 0.1) is 0 Å². The maximum absolute atomic E-state index is 12.3. The molecule has 0 aliphatic carbocycles. The molecule has 0 unspecified atom stereocenters. The Labute approximate surface area is 140 Å². The molecular formula is C15H18N6O2S. The Morgan fingerprint density at radius 1 is 1.25 bits per heavy atom. The van der Waals surface area contributed by atoms with Gasteiger partial charge >= 0.3 is 0 Å². The lowest BCUT2D eigenvalue weighted by atomic mass is 10.2. The fraction of sp³-hybridized carbons (Fsp3) is 0.267. The van der Waals surface area contributed by atoms with E-state index >= 15 is 0 Å². The zero-order chi connectivity index (χ0) is 17.2. The molecule has 3 aromatic rings. The van der Waals surface area contributed by atoms with Crippen molar-refractivity contribution in [1.29, 1.82) is 0 Å². The van der Waals surface area contributed by atoms with Crippen molar-refractivity contribution in [2.45, 2.75) is 31.5 Å². The van der Waals surface area contributed by atoms with E-state index in [1.54, 1.807) is 46.0 Å². The molecule has 0 amide bonds. The highest BCUT2D eigenvalue weighted by Gasteiger charge is 2.17. The average molecular weight is 346 g/mol. The molecule has 0 radical (unpaired) electrons. The molecule has 0 bridgehead atoms. The van der Waals surface area contributed by atoms with E-state index in [2.05, 4.69) is 19.8 Å². The van der Waals surface area contributed by atoms with E-state index in [4.69, 9.17) is 0 Å². The topological polar surface area (TPSA) is 94.7 Å². The maximum atomic E-state index is 12.3. The molecule has 1 N–H and O–H groups in total. The van der Waals surface area contributed by atoms with E-state index in [1.165, 1.54) is 12.5 Å². The molecule has 0 fully saturated rings. The average Bonchev–Trinajstić information content (AvgIpc) is 3.25. The molecule has 0 atom stereocenters. The highest BCUT2D eigenvalue weighted by molar-refractivity contribution is 7.89. The summed E-state index contributed by atoms with van der Waals surface area (Å²) >= 11 is 0. The van der Waals surface area contributed by atoms with Crippen molar-refractivity contribution >= 4 is 10.0 Å². The number of aromatic nitrogens is 5. The standard InChI is InChI=1S/C15H18N6O2S/c1-12(2)20-10-15(17-11-20)24(22,23)19-9-13-4-6-16-14(8-13)21-7-3-5-18-21/h3-8,10-12,19H,9H2,1-2H3. The molecule has 126 valence electrons. The van der Waals surface area contributed by atoms with Gasteiger partial charge < -0.3 is 4.57 Å².